The lowest BCUT2D eigenvalue weighted by molar-refractivity contribution is 0.504. The summed E-state index contributed by atoms with van der Waals surface area (Å²) in [6, 6.07) is 6.51. The smallest absolute Gasteiger partial charge is 0.210 e. The van der Waals surface area contributed by atoms with E-state index in [9.17, 15) is 17.2 Å². The van der Waals surface area contributed by atoms with E-state index in [2.05, 4.69) is 0 Å². The Labute approximate surface area is 108 Å². The van der Waals surface area contributed by atoms with E-state index >= 15 is 0 Å². The molecule has 0 saturated carbocycles. The zero-order chi connectivity index (χ0) is 14.2. The molecule has 4 N–H and O–H groups in total. The van der Waals surface area contributed by atoms with Crippen LogP contribution in [0, 0.1) is 11.6 Å². The first-order chi connectivity index (χ1) is 8.84. The Kier molecular flexibility index (Phi) is 3.15. The topological polar surface area (TPSA) is 86.2 Å². The molecule has 7 heteroatoms. The summed E-state index contributed by atoms with van der Waals surface area (Å²) >= 11 is 0. The van der Waals surface area contributed by atoms with Crippen molar-refractivity contribution in [1.82, 2.24) is 0 Å². The Balaban J connectivity index is 2.69. The molecule has 0 aliphatic heterocycles. The van der Waals surface area contributed by atoms with Gasteiger partial charge in [0.15, 0.2) is 11.6 Å². The van der Waals surface area contributed by atoms with Crippen LogP contribution >= 0.6 is 0 Å². The fraction of sp³-hybridized carbons (Fsp3) is 0. The van der Waals surface area contributed by atoms with Crippen molar-refractivity contribution in [3.63, 3.8) is 0 Å². The lowest BCUT2D eigenvalue weighted by Gasteiger charge is -2.10. The largest absolute Gasteiger partial charge is 0.398 e. The number of halogens is 2. The van der Waals surface area contributed by atoms with Crippen molar-refractivity contribution in [1.29, 1.82) is 0 Å². The Morgan fingerprint density at radius 2 is 1.47 bits per heavy atom. The molecular weight excluding hydrogens is 274 g/mol. The van der Waals surface area contributed by atoms with Crippen molar-refractivity contribution < 1.29 is 17.2 Å². The van der Waals surface area contributed by atoms with E-state index in [1.165, 1.54) is 18.2 Å². The van der Waals surface area contributed by atoms with Crippen molar-refractivity contribution in [2.24, 2.45) is 0 Å². The summed E-state index contributed by atoms with van der Waals surface area (Å²) in [5.74, 6) is -2.39. The van der Waals surface area contributed by atoms with Gasteiger partial charge >= 0.3 is 0 Å². The fourth-order valence-corrected chi connectivity index (χ4v) is 3.14. The summed E-state index contributed by atoms with van der Waals surface area (Å²) in [6.45, 7) is 0. The van der Waals surface area contributed by atoms with Gasteiger partial charge in [-0.1, -0.05) is 6.07 Å². The van der Waals surface area contributed by atoms with Crippen molar-refractivity contribution in [2.45, 2.75) is 9.79 Å². The van der Waals surface area contributed by atoms with Crippen LogP contribution in [0.5, 0.6) is 0 Å². The summed E-state index contributed by atoms with van der Waals surface area (Å²) in [5, 5.41) is 0. The molecule has 0 amide bonds. The Morgan fingerprint density at radius 3 is 2.00 bits per heavy atom. The van der Waals surface area contributed by atoms with Gasteiger partial charge in [0.05, 0.1) is 16.3 Å². The summed E-state index contributed by atoms with van der Waals surface area (Å²) in [4.78, 5) is -0.711. The minimum Gasteiger partial charge on any atom is -0.398 e. The number of nitrogens with two attached hydrogens (primary N) is 2. The standard InChI is InChI=1S/C12H10F2N2O2S/c13-8-5-4-7(6-9(8)14)19(17,18)12-10(15)2-1-3-11(12)16/h1-6H,15-16H2. The molecule has 0 unspecified atom stereocenters. The van der Waals surface area contributed by atoms with Crippen LogP contribution in [0.15, 0.2) is 46.2 Å². The van der Waals surface area contributed by atoms with Gasteiger partial charge < -0.3 is 11.5 Å². The first-order valence-electron chi connectivity index (χ1n) is 5.18. The first kappa shape index (κ1) is 13.3. The van der Waals surface area contributed by atoms with Gasteiger partial charge in [-0.2, -0.15) is 0 Å². The SMILES string of the molecule is Nc1cccc(N)c1S(=O)(=O)c1ccc(F)c(F)c1. The van der Waals surface area contributed by atoms with E-state index < -0.39 is 26.4 Å². The molecule has 0 saturated heterocycles. The minimum atomic E-state index is -4.10. The lowest BCUT2D eigenvalue weighted by Crippen LogP contribution is -2.09. The molecule has 0 aliphatic carbocycles. The lowest BCUT2D eigenvalue weighted by atomic mass is 10.3. The van der Waals surface area contributed by atoms with Crippen molar-refractivity contribution in [3.8, 4) is 0 Å². The Morgan fingerprint density at radius 1 is 0.895 bits per heavy atom. The van der Waals surface area contributed by atoms with Gasteiger partial charge in [-0.15, -0.1) is 0 Å². The maximum atomic E-state index is 13.1. The second-order valence-corrected chi connectivity index (χ2v) is 5.73. The van der Waals surface area contributed by atoms with Gasteiger partial charge in [0.25, 0.3) is 0 Å². The van der Waals surface area contributed by atoms with E-state index in [4.69, 9.17) is 11.5 Å². The van der Waals surface area contributed by atoms with E-state index in [-0.39, 0.29) is 16.3 Å². The molecule has 2 aromatic rings. The van der Waals surface area contributed by atoms with E-state index in [1.807, 2.05) is 0 Å². The molecule has 0 fully saturated rings. The van der Waals surface area contributed by atoms with E-state index in [1.54, 1.807) is 0 Å². The molecule has 0 aliphatic rings. The van der Waals surface area contributed by atoms with Crippen LogP contribution < -0.4 is 11.5 Å². The number of hydrogen-bond donors (Lipinski definition) is 2. The number of rotatable bonds is 2. The fourth-order valence-electron chi connectivity index (χ4n) is 1.65. The number of hydrogen-bond acceptors (Lipinski definition) is 4. The van der Waals surface area contributed by atoms with E-state index in [0.717, 1.165) is 12.1 Å². The average Bonchev–Trinajstić information content (AvgIpc) is 2.32. The van der Waals surface area contributed by atoms with Crippen LogP contribution in [0.1, 0.15) is 0 Å². The van der Waals surface area contributed by atoms with Crippen LogP contribution in [0.2, 0.25) is 0 Å². The predicted molar refractivity (Wildman–Crippen MR) is 67.1 cm³/mol. The van der Waals surface area contributed by atoms with Gasteiger partial charge in [-0.25, -0.2) is 17.2 Å². The molecule has 0 bridgehead atoms. The van der Waals surface area contributed by atoms with Crippen LogP contribution in [0.3, 0.4) is 0 Å². The molecular formula is C12H10F2N2O2S. The number of anilines is 2. The van der Waals surface area contributed by atoms with Gasteiger partial charge in [0, 0.05) is 0 Å². The summed E-state index contributed by atoms with van der Waals surface area (Å²) < 4.78 is 50.5. The van der Waals surface area contributed by atoms with Crippen molar-refractivity contribution >= 4 is 21.2 Å². The predicted octanol–water partition coefficient (Wildman–Crippen LogP) is 1.96. The molecule has 0 aromatic heterocycles. The van der Waals surface area contributed by atoms with Crippen molar-refractivity contribution in [2.75, 3.05) is 11.5 Å². The molecule has 2 aromatic carbocycles. The second kappa shape index (κ2) is 4.51. The first-order valence-corrected chi connectivity index (χ1v) is 6.66. The highest BCUT2D eigenvalue weighted by Gasteiger charge is 2.24. The van der Waals surface area contributed by atoms with Crippen LogP contribution in [-0.4, -0.2) is 8.42 Å². The van der Waals surface area contributed by atoms with Gasteiger partial charge in [-0.05, 0) is 30.3 Å². The molecule has 0 radical (unpaired) electrons. The normalized spacial score (nSPS) is 11.5. The Hall–Kier alpha value is -2.15. The monoisotopic (exact) mass is 284 g/mol. The highest BCUT2D eigenvalue weighted by atomic mass is 32.2. The maximum absolute atomic E-state index is 13.1. The number of nitrogen functional groups attached to an aromatic ring is 2. The molecule has 0 spiro atoms. The van der Waals surface area contributed by atoms with Crippen molar-refractivity contribution in [3.05, 3.63) is 48.0 Å². The highest BCUT2D eigenvalue weighted by Crippen LogP contribution is 2.31. The Bertz CT molecular complexity index is 725. The minimum absolute atomic E-state index is 0.0512. The summed E-state index contributed by atoms with van der Waals surface area (Å²) in [6.07, 6.45) is 0. The zero-order valence-corrected chi connectivity index (χ0v) is 10.4. The third kappa shape index (κ3) is 2.24. The number of sulfone groups is 1. The van der Waals surface area contributed by atoms with Crippen LogP contribution in [-0.2, 0) is 9.84 Å². The average molecular weight is 284 g/mol. The summed E-state index contributed by atoms with van der Waals surface area (Å²) in [5.41, 5.74) is 11.1. The van der Waals surface area contributed by atoms with Crippen LogP contribution in [0.4, 0.5) is 20.2 Å². The molecule has 100 valence electrons. The highest BCUT2D eigenvalue weighted by molar-refractivity contribution is 7.91. The molecule has 4 nitrogen and oxygen atoms in total. The third-order valence-corrected chi connectivity index (χ3v) is 4.43. The van der Waals surface area contributed by atoms with Gasteiger partial charge in [0.1, 0.15) is 4.90 Å². The zero-order valence-electron chi connectivity index (χ0n) is 9.60. The van der Waals surface area contributed by atoms with Gasteiger partial charge in [-0.3, -0.25) is 0 Å². The summed E-state index contributed by atoms with van der Waals surface area (Å²) in [7, 11) is -4.10. The molecule has 19 heavy (non-hydrogen) atoms. The van der Waals surface area contributed by atoms with E-state index in [0.29, 0.717) is 6.07 Å². The molecule has 2 rings (SSSR count). The maximum Gasteiger partial charge on any atom is 0.210 e. The van der Waals surface area contributed by atoms with Gasteiger partial charge in [0.2, 0.25) is 9.84 Å². The molecule has 0 atom stereocenters. The number of benzene rings is 2. The van der Waals surface area contributed by atoms with Crippen LogP contribution in [0.25, 0.3) is 0 Å². The quantitative estimate of drug-likeness (QED) is 0.652. The third-order valence-electron chi connectivity index (χ3n) is 2.55. The second-order valence-electron chi connectivity index (χ2n) is 3.84. The molecule has 0 heterocycles.